The van der Waals surface area contributed by atoms with Gasteiger partial charge in [-0.25, -0.2) is 4.98 Å². The van der Waals surface area contributed by atoms with Crippen LogP contribution in [0.4, 0.5) is 0 Å². The summed E-state index contributed by atoms with van der Waals surface area (Å²) >= 11 is 0. The van der Waals surface area contributed by atoms with Crippen molar-refractivity contribution in [1.29, 1.82) is 0 Å². The van der Waals surface area contributed by atoms with Crippen molar-refractivity contribution in [3.8, 4) is 34.0 Å². The molecular weight excluding hydrogens is 452 g/mol. The molecule has 3 nitrogen and oxygen atoms in total. The Hall–Kier alpha value is -4.37. The highest BCUT2D eigenvalue weighted by Crippen LogP contribution is 2.47. The largest absolute Gasteiger partial charge is 0.484 e. The lowest BCUT2D eigenvalue weighted by Gasteiger charge is -2.16. The molecule has 5 aromatic rings. The molecule has 2 heterocycles. The van der Waals surface area contributed by atoms with Gasteiger partial charge in [-0.05, 0) is 59.5 Å². The number of nitrogens with zero attached hydrogens (tertiary/aromatic N) is 2. The summed E-state index contributed by atoms with van der Waals surface area (Å²) in [6.45, 7) is 4.50. The van der Waals surface area contributed by atoms with Crippen LogP contribution in [0.1, 0.15) is 36.8 Å². The van der Waals surface area contributed by atoms with Crippen molar-refractivity contribution in [2.75, 3.05) is 0 Å². The molecule has 180 valence electrons. The summed E-state index contributed by atoms with van der Waals surface area (Å²) in [4.78, 5) is 5.14. The maximum Gasteiger partial charge on any atom is 0.145 e. The second kappa shape index (κ2) is 8.63. The molecule has 0 spiro atoms. The van der Waals surface area contributed by atoms with Gasteiger partial charge in [0.25, 0.3) is 0 Å². The minimum Gasteiger partial charge on any atom is -0.484 e. The number of benzene rings is 4. The summed E-state index contributed by atoms with van der Waals surface area (Å²) in [5.74, 6) is 2.59. The van der Waals surface area contributed by atoms with Gasteiger partial charge in [0.1, 0.15) is 17.7 Å². The monoisotopic (exact) mass is 480 g/mol. The zero-order chi connectivity index (χ0) is 24.9. The maximum absolute atomic E-state index is 6.52. The van der Waals surface area contributed by atoms with Gasteiger partial charge in [-0.1, -0.05) is 86.7 Å². The molecule has 2 aliphatic rings. The number of ether oxygens (including phenoxy) is 1. The Morgan fingerprint density at radius 3 is 2.43 bits per heavy atom. The lowest BCUT2D eigenvalue weighted by molar-refractivity contribution is 0.270. The number of allylic oxidation sites excluding steroid dienone is 2. The lowest BCUT2D eigenvalue weighted by atomic mass is 9.89. The van der Waals surface area contributed by atoms with Crippen molar-refractivity contribution in [3.05, 3.63) is 126 Å². The highest BCUT2D eigenvalue weighted by Gasteiger charge is 2.33. The SMILES string of the molecule is CC(C)c1cc(-c2cccc3c2OC2C=CC=CC32)cc(-c2nc3ccccc3n2-c2ccccc2)c1. The first-order chi connectivity index (χ1) is 18.2. The molecule has 37 heavy (non-hydrogen) atoms. The van der Waals surface area contributed by atoms with Crippen LogP contribution < -0.4 is 4.74 Å². The van der Waals surface area contributed by atoms with Gasteiger partial charge in [0.15, 0.2) is 0 Å². The number of imidazole rings is 1. The van der Waals surface area contributed by atoms with Gasteiger partial charge in [-0.2, -0.15) is 0 Å². The second-order valence-electron chi connectivity index (χ2n) is 10.2. The summed E-state index contributed by atoms with van der Waals surface area (Å²) in [5.41, 5.74) is 9.15. The number of para-hydroxylation sites is 4. The fourth-order valence-electron chi connectivity index (χ4n) is 5.62. The molecule has 0 amide bonds. The van der Waals surface area contributed by atoms with E-state index in [9.17, 15) is 0 Å². The lowest BCUT2D eigenvalue weighted by Crippen LogP contribution is -2.15. The molecule has 0 bridgehead atoms. The van der Waals surface area contributed by atoms with E-state index in [0.29, 0.717) is 5.92 Å². The van der Waals surface area contributed by atoms with Crippen LogP contribution in [0.15, 0.2) is 115 Å². The average molecular weight is 481 g/mol. The smallest absolute Gasteiger partial charge is 0.145 e. The van der Waals surface area contributed by atoms with Crippen LogP contribution in [-0.2, 0) is 0 Å². The van der Waals surface area contributed by atoms with Crippen LogP contribution in [0.5, 0.6) is 5.75 Å². The molecule has 0 N–H and O–H groups in total. The fourth-order valence-corrected chi connectivity index (χ4v) is 5.62. The first-order valence-corrected chi connectivity index (χ1v) is 13.0. The summed E-state index contributed by atoms with van der Waals surface area (Å²) in [7, 11) is 0. The summed E-state index contributed by atoms with van der Waals surface area (Å²) in [5, 5.41) is 0. The standard InChI is InChI=1S/C34H28N2O/c1-22(2)23-19-24(27-14-10-15-29-28-13-6-9-18-32(28)37-33(27)29)21-25(20-23)34-35-30-16-7-8-17-31(30)36(34)26-11-4-3-5-12-26/h3-22,28,32H,1-2H3. The quantitative estimate of drug-likeness (QED) is 0.258. The van der Waals surface area contributed by atoms with Crippen LogP contribution in [0.3, 0.4) is 0 Å². The van der Waals surface area contributed by atoms with Gasteiger partial charge >= 0.3 is 0 Å². The first-order valence-electron chi connectivity index (χ1n) is 13.0. The van der Waals surface area contributed by atoms with Gasteiger partial charge in [-0.3, -0.25) is 4.57 Å². The molecule has 2 unspecified atom stereocenters. The number of hydrogen-bond donors (Lipinski definition) is 0. The maximum atomic E-state index is 6.52. The molecule has 0 saturated heterocycles. The molecule has 1 aliphatic carbocycles. The summed E-state index contributed by atoms with van der Waals surface area (Å²) < 4.78 is 8.80. The highest BCUT2D eigenvalue weighted by atomic mass is 16.5. The molecule has 4 aromatic carbocycles. The normalized spacial score (nSPS) is 17.7. The van der Waals surface area contributed by atoms with E-state index < -0.39 is 0 Å². The van der Waals surface area contributed by atoms with Gasteiger partial charge in [0.2, 0.25) is 0 Å². The van der Waals surface area contributed by atoms with Crippen molar-refractivity contribution < 1.29 is 4.74 Å². The molecular formula is C34H28N2O. The van der Waals surface area contributed by atoms with Crippen molar-refractivity contribution in [2.45, 2.75) is 31.8 Å². The van der Waals surface area contributed by atoms with Crippen LogP contribution >= 0.6 is 0 Å². The van der Waals surface area contributed by atoms with Crippen molar-refractivity contribution >= 4 is 11.0 Å². The van der Waals surface area contributed by atoms with E-state index in [0.717, 1.165) is 45.0 Å². The van der Waals surface area contributed by atoms with E-state index in [1.807, 2.05) is 0 Å². The van der Waals surface area contributed by atoms with Crippen LogP contribution in [-0.4, -0.2) is 15.7 Å². The van der Waals surface area contributed by atoms with E-state index in [1.54, 1.807) is 0 Å². The van der Waals surface area contributed by atoms with Crippen LogP contribution in [0, 0.1) is 0 Å². The Morgan fingerprint density at radius 1 is 0.784 bits per heavy atom. The van der Waals surface area contributed by atoms with E-state index in [1.165, 1.54) is 11.1 Å². The molecule has 2 atom stereocenters. The molecule has 1 aromatic heterocycles. The third kappa shape index (κ3) is 3.62. The molecule has 3 heteroatoms. The Bertz CT molecular complexity index is 1690. The van der Waals surface area contributed by atoms with Crippen LogP contribution in [0.25, 0.3) is 39.2 Å². The summed E-state index contributed by atoms with van der Waals surface area (Å²) in [6.07, 6.45) is 8.68. The minimum absolute atomic E-state index is 0.0659. The average Bonchev–Trinajstić information content (AvgIpc) is 3.52. The highest BCUT2D eigenvalue weighted by molar-refractivity contribution is 5.85. The summed E-state index contributed by atoms with van der Waals surface area (Å²) in [6, 6.07) is 32.3. The number of aromatic nitrogens is 2. The second-order valence-corrected chi connectivity index (χ2v) is 10.2. The topological polar surface area (TPSA) is 27.1 Å². The van der Waals surface area contributed by atoms with Crippen molar-refractivity contribution in [2.24, 2.45) is 0 Å². The zero-order valence-electron chi connectivity index (χ0n) is 21.0. The van der Waals surface area contributed by atoms with E-state index in [-0.39, 0.29) is 12.0 Å². The van der Waals surface area contributed by atoms with Crippen molar-refractivity contribution in [1.82, 2.24) is 9.55 Å². The predicted octanol–water partition coefficient (Wildman–Crippen LogP) is 8.45. The predicted molar refractivity (Wildman–Crippen MR) is 151 cm³/mol. The number of fused-ring (bicyclic) bond motifs is 4. The Morgan fingerprint density at radius 2 is 1.57 bits per heavy atom. The molecule has 0 radical (unpaired) electrons. The van der Waals surface area contributed by atoms with Crippen molar-refractivity contribution in [3.63, 3.8) is 0 Å². The van der Waals surface area contributed by atoms with Gasteiger partial charge in [0, 0.05) is 28.3 Å². The zero-order valence-corrected chi connectivity index (χ0v) is 21.0. The van der Waals surface area contributed by atoms with E-state index in [2.05, 4.69) is 134 Å². The third-order valence-corrected chi connectivity index (χ3v) is 7.51. The van der Waals surface area contributed by atoms with Gasteiger partial charge < -0.3 is 4.74 Å². The minimum atomic E-state index is 0.0659. The Balaban J connectivity index is 1.45. The molecule has 7 rings (SSSR count). The Kier molecular flexibility index (Phi) is 5.10. The van der Waals surface area contributed by atoms with E-state index in [4.69, 9.17) is 9.72 Å². The molecule has 0 fully saturated rings. The first kappa shape index (κ1) is 21.9. The van der Waals surface area contributed by atoms with E-state index >= 15 is 0 Å². The number of rotatable bonds is 4. The van der Waals surface area contributed by atoms with Gasteiger partial charge in [-0.15, -0.1) is 0 Å². The number of hydrogen-bond acceptors (Lipinski definition) is 2. The fraction of sp³-hybridized carbons (Fsp3) is 0.147. The Labute approximate surface area is 217 Å². The molecule has 0 saturated carbocycles. The van der Waals surface area contributed by atoms with Crippen LogP contribution in [0.2, 0.25) is 0 Å². The van der Waals surface area contributed by atoms with Gasteiger partial charge in [0.05, 0.1) is 11.0 Å². The third-order valence-electron chi connectivity index (χ3n) is 7.51. The molecule has 1 aliphatic heterocycles.